The zero-order valence-electron chi connectivity index (χ0n) is 17.4. The first-order valence-corrected chi connectivity index (χ1v) is 12.0. The summed E-state index contributed by atoms with van der Waals surface area (Å²) in [4.78, 5) is 18.3. The molecule has 6 nitrogen and oxygen atoms in total. The molecule has 2 aromatic carbocycles. The summed E-state index contributed by atoms with van der Waals surface area (Å²) in [6.07, 6.45) is 6.19. The van der Waals surface area contributed by atoms with Crippen LogP contribution in [0.15, 0.2) is 73.3 Å². The number of thiophene rings is 1. The number of fused-ring (bicyclic) bond motifs is 1. The van der Waals surface area contributed by atoms with Crippen molar-refractivity contribution in [1.29, 1.82) is 0 Å². The Labute approximate surface area is 204 Å². The fourth-order valence-electron chi connectivity index (χ4n) is 3.61. The number of carbonyl (C=O) groups excluding carboxylic acids is 1. The molecule has 9 heteroatoms. The minimum atomic E-state index is -0.187. The van der Waals surface area contributed by atoms with Crippen LogP contribution in [0.3, 0.4) is 0 Å². The summed E-state index contributed by atoms with van der Waals surface area (Å²) in [7, 11) is 0. The smallest absolute Gasteiger partial charge is 0.262 e. The summed E-state index contributed by atoms with van der Waals surface area (Å²) < 4.78 is 3.82. The summed E-state index contributed by atoms with van der Waals surface area (Å²) in [5.41, 5.74) is 2.49. The Kier molecular flexibility index (Phi) is 6.17. The number of nitrogens with one attached hydrogen (secondary N) is 1. The first kappa shape index (κ1) is 21.7. The summed E-state index contributed by atoms with van der Waals surface area (Å²) in [5, 5.41) is 9.64. The van der Waals surface area contributed by atoms with Crippen molar-refractivity contribution in [3.63, 3.8) is 0 Å². The van der Waals surface area contributed by atoms with Gasteiger partial charge in [0.1, 0.15) is 15.4 Å². The van der Waals surface area contributed by atoms with Crippen molar-refractivity contribution in [3.8, 4) is 16.9 Å². The van der Waals surface area contributed by atoms with E-state index in [9.17, 15) is 4.79 Å². The molecule has 0 bridgehead atoms. The van der Waals surface area contributed by atoms with Gasteiger partial charge in [-0.2, -0.15) is 5.10 Å². The highest BCUT2D eigenvalue weighted by molar-refractivity contribution is 7.21. The van der Waals surface area contributed by atoms with E-state index in [1.807, 2.05) is 70.0 Å². The predicted molar refractivity (Wildman–Crippen MR) is 134 cm³/mol. The van der Waals surface area contributed by atoms with Crippen molar-refractivity contribution >= 4 is 50.7 Å². The molecular formula is C24H19Cl2N5OS. The van der Waals surface area contributed by atoms with Gasteiger partial charge in [0, 0.05) is 36.1 Å². The number of hydrogen-bond donors (Lipinski definition) is 1. The van der Waals surface area contributed by atoms with Crippen molar-refractivity contribution in [2.75, 3.05) is 6.54 Å². The molecule has 0 saturated carbocycles. The Morgan fingerprint density at radius 1 is 1.06 bits per heavy atom. The standard InChI is InChI=1S/C24H19Cl2N5OS/c25-17-9-7-16(8-10-17)21-19-20(26)22(23(32)28-11-4-13-30-14-12-27-15-30)33-24(19)31(29-21)18-5-2-1-3-6-18/h1-3,5-10,12,14-15H,4,11,13H2,(H,28,32). The summed E-state index contributed by atoms with van der Waals surface area (Å²) in [6, 6.07) is 17.3. The third kappa shape index (κ3) is 4.39. The van der Waals surface area contributed by atoms with Crippen LogP contribution in [0.4, 0.5) is 0 Å². The van der Waals surface area contributed by atoms with E-state index in [1.165, 1.54) is 11.3 Å². The van der Waals surface area contributed by atoms with E-state index >= 15 is 0 Å². The minimum Gasteiger partial charge on any atom is -0.351 e. The molecule has 0 spiro atoms. The molecule has 0 aliphatic rings. The normalized spacial score (nSPS) is 11.2. The van der Waals surface area contributed by atoms with Crippen LogP contribution in [-0.2, 0) is 6.54 Å². The third-order valence-electron chi connectivity index (χ3n) is 5.22. The number of imidazole rings is 1. The van der Waals surface area contributed by atoms with Crippen molar-refractivity contribution in [3.05, 3.63) is 88.2 Å². The molecule has 1 amide bonds. The number of aromatic nitrogens is 4. The summed E-state index contributed by atoms with van der Waals surface area (Å²) in [5.74, 6) is -0.187. The molecule has 0 radical (unpaired) electrons. The Morgan fingerprint density at radius 2 is 1.85 bits per heavy atom. The van der Waals surface area contributed by atoms with Crippen LogP contribution in [0.5, 0.6) is 0 Å². The van der Waals surface area contributed by atoms with Gasteiger partial charge in [0.25, 0.3) is 5.91 Å². The lowest BCUT2D eigenvalue weighted by Crippen LogP contribution is -2.24. The van der Waals surface area contributed by atoms with E-state index in [4.69, 9.17) is 28.3 Å². The molecule has 0 aliphatic carbocycles. The van der Waals surface area contributed by atoms with Gasteiger partial charge in [0.15, 0.2) is 0 Å². The average Bonchev–Trinajstić information content (AvgIpc) is 3.56. The number of hydrogen-bond acceptors (Lipinski definition) is 4. The topological polar surface area (TPSA) is 64.7 Å². The van der Waals surface area contributed by atoms with Gasteiger partial charge in [-0.05, 0) is 30.7 Å². The monoisotopic (exact) mass is 495 g/mol. The third-order valence-corrected chi connectivity index (χ3v) is 7.13. The lowest BCUT2D eigenvalue weighted by atomic mass is 10.1. The van der Waals surface area contributed by atoms with Gasteiger partial charge in [0.2, 0.25) is 0 Å². The Morgan fingerprint density at radius 3 is 2.58 bits per heavy atom. The number of carbonyl (C=O) groups is 1. The van der Waals surface area contributed by atoms with Crippen LogP contribution in [0.1, 0.15) is 16.1 Å². The Bertz CT molecular complexity index is 1390. The van der Waals surface area contributed by atoms with Gasteiger partial charge in [-0.1, -0.05) is 53.5 Å². The van der Waals surface area contributed by atoms with Gasteiger partial charge >= 0.3 is 0 Å². The molecule has 0 saturated heterocycles. The van der Waals surface area contributed by atoms with Gasteiger partial charge in [-0.25, -0.2) is 9.67 Å². The van der Waals surface area contributed by atoms with E-state index < -0.39 is 0 Å². The molecular weight excluding hydrogens is 477 g/mol. The highest BCUT2D eigenvalue weighted by Gasteiger charge is 2.25. The van der Waals surface area contributed by atoms with Gasteiger partial charge < -0.3 is 9.88 Å². The maximum Gasteiger partial charge on any atom is 0.262 e. The SMILES string of the molecule is O=C(NCCCn1ccnc1)c1sc2c(c(-c3ccc(Cl)cc3)nn2-c2ccccc2)c1Cl. The second-order valence-corrected chi connectivity index (χ2v) is 9.25. The van der Waals surface area contributed by atoms with Gasteiger partial charge in [-0.3, -0.25) is 4.79 Å². The van der Waals surface area contributed by atoms with Crippen molar-refractivity contribution in [2.45, 2.75) is 13.0 Å². The van der Waals surface area contributed by atoms with E-state index in [2.05, 4.69) is 10.3 Å². The molecule has 33 heavy (non-hydrogen) atoms. The second kappa shape index (κ2) is 9.39. The van der Waals surface area contributed by atoms with Crippen LogP contribution in [-0.4, -0.2) is 31.8 Å². The number of amides is 1. The van der Waals surface area contributed by atoms with Crippen LogP contribution in [0.25, 0.3) is 27.2 Å². The van der Waals surface area contributed by atoms with Crippen molar-refractivity contribution in [2.24, 2.45) is 0 Å². The predicted octanol–water partition coefficient (Wildman–Crippen LogP) is 6.08. The lowest BCUT2D eigenvalue weighted by Gasteiger charge is -2.05. The fraction of sp³-hybridized carbons (Fsp3) is 0.125. The molecule has 3 heterocycles. The van der Waals surface area contributed by atoms with E-state index in [0.29, 0.717) is 27.2 Å². The molecule has 5 aromatic rings. The van der Waals surface area contributed by atoms with E-state index in [-0.39, 0.29) is 5.91 Å². The number of benzene rings is 2. The first-order valence-electron chi connectivity index (χ1n) is 10.4. The number of halogens is 2. The lowest BCUT2D eigenvalue weighted by molar-refractivity contribution is 0.0957. The van der Waals surface area contributed by atoms with Crippen molar-refractivity contribution < 1.29 is 4.79 Å². The zero-order chi connectivity index (χ0) is 22.8. The van der Waals surface area contributed by atoms with Crippen LogP contribution < -0.4 is 5.32 Å². The largest absolute Gasteiger partial charge is 0.351 e. The van der Waals surface area contributed by atoms with Crippen LogP contribution in [0, 0.1) is 0 Å². The van der Waals surface area contributed by atoms with E-state index in [0.717, 1.165) is 34.4 Å². The highest BCUT2D eigenvalue weighted by Crippen LogP contribution is 2.42. The average molecular weight is 496 g/mol. The molecule has 0 fully saturated rings. The first-order chi connectivity index (χ1) is 16.1. The van der Waals surface area contributed by atoms with Gasteiger partial charge in [0.05, 0.1) is 22.4 Å². The van der Waals surface area contributed by atoms with E-state index in [1.54, 1.807) is 12.5 Å². The Hall–Kier alpha value is -3.13. The molecule has 0 atom stereocenters. The number of para-hydroxylation sites is 1. The molecule has 0 unspecified atom stereocenters. The van der Waals surface area contributed by atoms with Crippen molar-refractivity contribution in [1.82, 2.24) is 24.6 Å². The summed E-state index contributed by atoms with van der Waals surface area (Å²) in [6.45, 7) is 1.32. The Balaban J connectivity index is 1.49. The van der Waals surface area contributed by atoms with Crippen LogP contribution >= 0.6 is 34.5 Å². The highest BCUT2D eigenvalue weighted by atomic mass is 35.5. The number of rotatable bonds is 7. The molecule has 3 aromatic heterocycles. The number of nitrogens with zero attached hydrogens (tertiary/aromatic N) is 4. The summed E-state index contributed by atoms with van der Waals surface area (Å²) >= 11 is 14.2. The maximum absolute atomic E-state index is 13.0. The van der Waals surface area contributed by atoms with Gasteiger partial charge in [-0.15, -0.1) is 11.3 Å². The number of aryl methyl sites for hydroxylation is 1. The zero-order valence-corrected chi connectivity index (χ0v) is 19.7. The fourth-order valence-corrected chi connectivity index (χ4v) is 5.26. The molecule has 1 N–H and O–H groups in total. The maximum atomic E-state index is 13.0. The quantitative estimate of drug-likeness (QED) is 0.278. The minimum absolute atomic E-state index is 0.187. The second-order valence-electron chi connectivity index (χ2n) is 7.44. The molecule has 5 rings (SSSR count). The van der Waals surface area contributed by atoms with Crippen LogP contribution in [0.2, 0.25) is 10.0 Å². The molecule has 166 valence electrons. The molecule has 0 aliphatic heterocycles.